The average molecular weight is 244 g/mol. The van der Waals surface area contributed by atoms with Gasteiger partial charge >= 0.3 is 0 Å². The van der Waals surface area contributed by atoms with Gasteiger partial charge < -0.3 is 4.74 Å². The van der Waals surface area contributed by atoms with Crippen LogP contribution in [-0.4, -0.2) is 26.3 Å². The number of nitro benzene ring substituents is 1. The number of hydrogen-bond donors (Lipinski definition) is 0. The van der Waals surface area contributed by atoms with E-state index < -0.39 is 20.9 Å². The van der Waals surface area contributed by atoms with Crippen molar-refractivity contribution < 1.29 is 18.1 Å². The van der Waals surface area contributed by atoms with Crippen molar-refractivity contribution in [1.82, 2.24) is 0 Å². The van der Waals surface area contributed by atoms with Crippen LogP contribution in [0.15, 0.2) is 18.2 Å². The molecule has 86 valence electrons. The van der Waals surface area contributed by atoms with Crippen molar-refractivity contribution in [2.75, 3.05) is 17.3 Å². The van der Waals surface area contributed by atoms with Gasteiger partial charge in [0.15, 0.2) is 0 Å². The fourth-order valence-electron chi connectivity index (χ4n) is 1.35. The van der Waals surface area contributed by atoms with Crippen LogP contribution >= 0.6 is 0 Å². The molecule has 0 fully saturated rings. The molecule has 1 heterocycles. The first-order valence-electron chi connectivity index (χ1n) is 4.29. The number of anilines is 1. The Morgan fingerprint density at radius 1 is 1.50 bits per heavy atom. The van der Waals surface area contributed by atoms with Crippen molar-refractivity contribution in [3.8, 4) is 5.75 Å². The van der Waals surface area contributed by atoms with Gasteiger partial charge in [0.1, 0.15) is 11.4 Å². The minimum atomic E-state index is -3.53. The normalized spacial score (nSPS) is 17.4. The van der Waals surface area contributed by atoms with Crippen LogP contribution in [0.4, 0.5) is 11.4 Å². The first-order valence-corrected chi connectivity index (χ1v) is 5.90. The molecule has 7 nitrogen and oxygen atoms in total. The van der Waals surface area contributed by atoms with E-state index in [4.69, 9.17) is 4.74 Å². The fraction of sp³-hybridized carbons (Fsp3) is 0.250. The van der Waals surface area contributed by atoms with Crippen LogP contribution in [0.2, 0.25) is 0 Å². The molecule has 16 heavy (non-hydrogen) atoms. The number of hydrogen-bond acceptors (Lipinski definition) is 5. The topological polar surface area (TPSA) is 89.8 Å². The van der Waals surface area contributed by atoms with E-state index in [0.717, 1.165) is 4.31 Å². The highest BCUT2D eigenvalue weighted by Gasteiger charge is 2.29. The third-order valence-corrected chi connectivity index (χ3v) is 3.72. The molecule has 1 aromatic carbocycles. The molecule has 0 bridgehead atoms. The Labute approximate surface area is 91.4 Å². The van der Waals surface area contributed by atoms with E-state index in [0.29, 0.717) is 5.75 Å². The van der Waals surface area contributed by atoms with Gasteiger partial charge in [0.05, 0.1) is 4.92 Å². The Morgan fingerprint density at radius 3 is 2.81 bits per heavy atom. The number of fused-ring (bicyclic) bond motifs is 1. The van der Waals surface area contributed by atoms with Crippen LogP contribution in [0.1, 0.15) is 0 Å². The van der Waals surface area contributed by atoms with Crippen LogP contribution in [-0.2, 0) is 10.0 Å². The van der Waals surface area contributed by atoms with Gasteiger partial charge in [0.25, 0.3) is 15.7 Å². The summed E-state index contributed by atoms with van der Waals surface area (Å²) in [7, 11) is -2.20. The van der Waals surface area contributed by atoms with Crippen LogP contribution in [0, 0.1) is 10.1 Å². The molecule has 1 aliphatic rings. The summed E-state index contributed by atoms with van der Waals surface area (Å²) in [6, 6.07) is 3.83. The predicted octanol–water partition coefficient (Wildman–Crippen LogP) is 0.711. The Bertz CT molecular complexity index is 554. The van der Waals surface area contributed by atoms with Crippen molar-refractivity contribution in [3.63, 3.8) is 0 Å². The minimum absolute atomic E-state index is 0.175. The van der Waals surface area contributed by atoms with Crippen LogP contribution in [0.25, 0.3) is 0 Å². The molecule has 2 rings (SSSR count). The highest BCUT2D eigenvalue weighted by atomic mass is 32.2. The second kappa shape index (κ2) is 3.34. The van der Waals surface area contributed by atoms with Gasteiger partial charge in [-0.15, -0.1) is 0 Å². The molecule has 0 aliphatic carbocycles. The number of sulfonamides is 1. The lowest BCUT2D eigenvalue weighted by molar-refractivity contribution is -0.384. The molecule has 0 atom stereocenters. The van der Waals surface area contributed by atoms with Crippen molar-refractivity contribution >= 4 is 21.4 Å². The summed E-state index contributed by atoms with van der Waals surface area (Å²) < 4.78 is 28.9. The zero-order valence-corrected chi connectivity index (χ0v) is 9.10. The number of ether oxygens (including phenoxy) is 1. The Balaban J connectivity index is 2.57. The summed E-state index contributed by atoms with van der Waals surface area (Å²) in [5, 5.41) is 10.6. The third-order valence-electron chi connectivity index (χ3n) is 2.27. The average Bonchev–Trinajstić information content (AvgIpc) is 2.23. The van der Waals surface area contributed by atoms with Crippen LogP contribution < -0.4 is 9.04 Å². The van der Waals surface area contributed by atoms with E-state index >= 15 is 0 Å². The molecule has 0 spiro atoms. The molecule has 0 saturated carbocycles. The van der Waals surface area contributed by atoms with E-state index in [2.05, 4.69) is 0 Å². The predicted molar refractivity (Wildman–Crippen MR) is 55.9 cm³/mol. The second-order valence-corrected chi connectivity index (χ2v) is 5.20. The SMILES string of the molecule is CN1c2cc([N+](=O)[O-])ccc2OCS1(=O)=O. The fourth-order valence-corrected chi connectivity index (χ4v) is 2.23. The molecule has 0 saturated heterocycles. The van der Waals surface area contributed by atoms with E-state index in [1.807, 2.05) is 0 Å². The van der Waals surface area contributed by atoms with Gasteiger partial charge in [-0.05, 0) is 6.07 Å². The van der Waals surface area contributed by atoms with E-state index in [1.165, 1.54) is 25.2 Å². The largest absolute Gasteiger partial charge is 0.474 e. The monoisotopic (exact) mass is 244 g/mol. The van der Waals surface area contributed by atoms with Crippen molar-refractivity contribution in [3.05, 3.63) is 28.3 Å². The summed E-state index contributed by atoms with van der Waals surface area (Å²) in [5.74, 6) is -0.128. The lowest BCUT2D eigenvalue weighted by Gasteiger charge is -2.26. The van der Waals surface area contributed by atoms with Gasteiger partial charge in [-0.3, -0.25) is 14.4 Å². The number of benzene rings is 1. The maximum Gasteiger partial charge on any atom is 0.271 e. The highest BCUT2D eigenvalue weighted by molar-refractivity contribution is 7.92. The zero-order chi connectivity index (χ0) is 11.9. The van der Waals surface area contributed by atoms with E-state index in [-0.39, 0.29) is 11.4 Å². The van der Waals surface area contributed by atoms with E-state index in [9.17, 15) is 18.5 Å². The maximum absolute atomic E-state index is 11.5. The summed E-state index contributed by atoms with van der Waals surface area (Å²) >= 11 is 0. The molecule has 1 aromatic rings. The summed E-state index contributed by atoms with van der Waals surface area (Å²) in [5.41, 5.74) is 0.00625. The zero-order valence-electron chi connectivity index (χ0n) is 8.28. The minimum Gasteiger partial charge on any atom is -0.474 e. The molecule has 0 aromatic heterocycles. The first-order chi connectivity index (χ1) is 7.42. The Kier molecular flexibility index (Phi) is 2.23. The number of non-ortho nitro benzene ring substituents is 1. The van der Waals surface area contributed by atoms with Gasteiger partial charge in [0, 0.05) is 19.2 Å². The summed E-state index contributed by atoms with van der Waals surface area (Å²) in [6.45, 7) is 0. The lowest BCUT2D eigenvalue weighted by atomic mass is 10.2. The van der Waals surface area contributed by atoms with Gasteiger partial charge in [-0.25, -0.2) is 8.42 Å². The van der Waals surface area contributed by atoms with Crippen molar-refractivity contribution in [2.24, 2.45) is 0 Å². The van der Waals surface area contributed by atoms with Gasteiger partial charge in [-0.2, -0.15) is 0 Å². The van der Waals surface area contributed by atoms with Crippen LogP contribution in [0.3, 0.4) is 0 Å². The molecule has 0 N–H and O–H groups in total. The van der Waals surface area contributed by atoms with Gasteiger partial charge in [-0.1, -0.05) is 0 Å². The molecule has 0 amide bonds. The molecule has 0 unspecified atom stereocenters. The smallest absolute Gasteiger partial charge is 0.271 e. The maximum atomic E-state index is 11.5. The number of nitrogens with zero attached hydrogens (tertiary/aromatic N) is 2. The third kappa shape index (κ3) is 1.56. The van der Waals surface area contributed by atoms with Crippen LogP contribution in [0.5, 0.6) is 5.75 Å². The first kappa shape index (κ1) is 10.7. The van der Waals surface area contributed by atoms with Gasteiger partial charge in [0.2, 0.25) is 5.94 Å². The van der Waals surface area contributed by atoms with E-state index in [1.54, 1.807) is 0 Å². The summed E-state index contributed by atoms with van der Waals surface area (Å²) in [4.78, 5) is 9.96. The summed E-state index contributed by atoms with van der Waals surface area (Å²) in [6.07, 6.45) is 0. The standard InChI is InChI=1S/C8H8N2O5S/c1-9-7-4-6(10(11)12)2-3-8(7)15-5-16(9,13)14/h2-4H,5H2,1H3. The Hall–Kier alpha value is -1.83. The highest BCUT2D eigenvalue weighted by Crippen LogP contribution is 2.36. The molecule has 1 aliphatic heterocycles. The molecule has 0 radical (unpaired) electrons. The second-order valence-electron chi connectivity index (χ2n) is 3.25. The number of rotatable bonds is 1. The van der Waals surface area contributed by atoms with Crippen molar-refractivity contribution in [2.45, 2.75) is 0 Å². The molecule has 8 heteroatoms. The molecular weight excluding hydrogens is 236 g/mol. The van der Waals surface area contributed by atoms with Crippen molar-refractivity contribution in [1.29, 1.82) is 0 Å². The molecular formula is C8H8N2O5S. The number of nitro groups is 1. The Morgan fingerprint density at radius 2 is 2.19 bits per heavy atom. The lowest BCUT2D eigenvalue weighted by Crippen LogP contribution is -2.35. The quantitative estimate of drug-likeness (QED) is 0.536.